The quantitative estimate of drug-likeness (QED) is 0.745. The highest BCUT2D eigenvalue weighted by molar-refractivity contribution is 5.54. The van der Waals surface area contributed by atoms with Gasteiger partial charge in [0.05, 0.1) is 0 Å². The Labute approximate surface area is 80.1 Å². The number of benzene rings is 1. The molecule has 1 rings (SSSR count). The van der Waals surface area contributed by atoms with Crippen LogP contribution in [0, 0.1) is 6.92 Å². The predicted octanol–water partition coefficient (Wildman–Crippen LogP) is 2.27. The highest BCUT2D eigenvalue weighted by Crippen LogP contribution is 2.18. The molecule has 0 fully saturated rings. The molecule has 0 amide bonds. The highest BCUT2D eigenvalue weighted by atomic mass is 14.9. The molecule has 0 unspecified atom stereocenters. The summed E-state index contributed by atoms with van der Waals surface area (Å²) < 4.78 is 0. The van der Waals surface area contributed by atoms with Gasteiger partial charge < -0.3 is 11.1 Å². The van der Waals surface area contributed by atoms with Crippen molar-refractivity contribution in [1.82, 2.24) is 0 Å². The van der Waals surface area contributed by atoms with E-state index in [1.54, 1.807) is 0 Å². The second-order valence-corrected chi connectivity index (χ2v) is 3.59. The van der Waals surface area contributed by atoms with Crippen LogP contribution in [0.2, 0.25) is 0 Å². The number of anilines is 1. The van der Waals surface area contributed by atoms with E-state index >= 15 is 0 Å². The van der Waals surface area contributed by atoms with Gasteiger partial charge >= 0.3 is 0 Å². The minimum atomic E-state index is 0.465. The molecule has 1 aromatic carbocycles. The number of rotatable bonds is 3. The summed E-state index contributed by atoms with van der Waals surface area (Å²) in [5.74, 6) is 0. The van der Waals surface area contributed by atoms with E-state index < -0.39 is 0 Å². The average molecular weight is 178 g/mol. The van der Waals surface area contributed by atoms with E-state index in [0.29, 0.717) is 12.6 Å². The van der Waals surface area contributed by atoms with Crippen molar-refractivity contribution in [3.05, 3.63) is 29.3 Å². The first-order valence-electron chi connectivity index (χ1n) is 4.70. The molecule has 0 bridgehead atoms. The molecule has 1 aromatic rings. The van der Waals surface area contributed by atoms with Crippen LogP contribution in [0.15, 0.2) is 18.2 Å². The van der Waals surface area contributed by atoms with Gasteiger partial charge in [-0.3, -0.25) is 0 Å². The van der Waals surface area contributed by atoms with Crippen molar-refractivity contribution in [2.75, 3.05) is 5.32 Å². The van der Waals surface area contributed by atoms with Crippen LogP contribution in [0.3, 0.4) is 0 Å². The maximum atomic E-state index is 5.62. The van der Waals surface area contributed by atoms with Gasteiger partial charge in [-0.1, -0.05) is 12.1 Å². The molecule has 0 aliphatic rings. The van der Waals surface area contributed by atoms with Crippen LogP contribution in [0.4, 0.5) is 5.69 Å². The molecule has 72 valence electrons. The Bertz CT molecular complexity index is 279. The van der Waals surface area contributed by atoms with Crippen LogP contribution in [0.25, 0.3) is 0 Å². The zero-order valence-electron chi connectivity index (χ0n) is 8.59. The van der Waals surface area contributed by atoms with Gasteiger partial charge in [-0.2, -0.15) is 0 Å². The summed E-state index contributed by atoms with van der Waals surface area (Å²) in [6, 6.07) is 6.67. The summed E-state index contributed by atoms with van der Waals surface area (Å²) in [6.07, 6.45) is 0. The van der Waals surface area contributed by atoms with E-state index in [-0.39, 0.29) is 0 Å². The third kappa shape index (κ3) is 2.46. The fraction of sp³-hybridized carbons (Fsp3) is 0.455. The summed E-state index contributed by atoms with van der Waals surface area (Å²) in [7, 11) is 0. The largest absolute Gasteiger partial charge is 0.383 e. The van der Waals surface area contributed by atoms with Gasteiger partial charge in [0.2, 0.25) is 0 Å². The Morgan fingerprint density at radius 1 is 1.38 bits per heavy atom. The SMILES string of the molecule is Cc1c(CN)cccc1NC(C)C. The van der Waals surface area contributed by atoms with Gasteiger partial charge in [0.15, 0.2) is 0 Å². The molecular formula is C11H18N2. The van der Waals surface area contributed by atoms with Crippen molar-refractivity contribution >= 4 is 5.69 Å². The first-order valence-corrected chi connectivity index (χ1v) is 4.70. The molecule has 3 N–H and O–H groups in total. The van der Waals surface area contributed by atoms with Gasteiger partial charge in [-0.15, -0.1) is 0 Å². The van der Waals surface area contributed by atoms with Crippen LogP contribution in [0.5, 0.6) is 0 Å². The van der Waals surface area contributed by atoms with Crippen molar-refractivity contribution in [2.45, 2.75) is 33.4 Å². The maximum Gasteiger partial charge on any atom is 0.0375 e. The molecule has 2 nitrogen and oxygen atoms in total. The summed E-state index contributed by atoms with van der Waals surface area (Å²) >= 11 is 0. The molecule has 0 atom stereocenters. The Hall–Kier alpha value is -1.02. The molecule has 13 heavy (non-hydrogen) atoms. The molecule has 0 spiro atoms. The first kappa shape index (κ1) is 10.1. The van der Waals surface area contributed by atoms with Crippen molar-refractivity contribution in [3.63, 3.8) is 0 Å². The molecule has 0 saturated carbocycles. The summed E-state index contributed by atoms with van der Waals surface area (Å²) in [4.78, 5) is 0. The minimum Gasteiger partial charge on any atom is -0.383 e. The van der Waals surface area contributed by atoms with E-state index in [0.717, 1.165) is 0 Å². The number of nitrogens with one attached hydrogen (secondary N) is 1. The van der Waals surface area contributed by atoms with Gasteiger partial charge in [0, 0.05) is 18.3 Å². The zero-order chi connectivity index (χ0) is 9.84. The molecule has 0 aromatic heterocycles. The predicted molar refractivity (Wildman–Crippen MR) is 57.8 cm³/mol. The Balaban J connectivity index is 2.94. The van der Waals surface area contributed by atoms with Crippen molar-refractivity contribution in [1.29, 1.82) is 0 Å². The molecule has 0 aliphatic heterocycles. The normalized spacial score (nSPS) is 10.5. The Morgan fingerprint density at radius 2 is 2.08 bits per heavy atom. The topological polar surface area (TPSA) is 38.0 Å². The third-order valence-corrected chi connectivity index (χ3v) is 2.11. The molecule has 0 saturated heterocycles. The summed E-state index contributed by atoms with van der Waals surface area (Å²) in [5.41, 5.74) is 9.29. The van der Waals surface area contributed by atoms with Crippen LogP contribution in [0.1, 0.15) is 25.0 Å². The second kappa shape index (κ2) is 4.28. The van der Waals surface area contributed by atoms with Gasteiger partial charge in [-0.25, -0.2) is 0 Å². The molecule has 0 radical (unpaired) electrons. The average Bonchev–Trinajstić information content (AvgIpc) is 2.08. The van der Waals surface area contributed by atoms with E-state index in [2.05, 4.69) is 38.2 Å². The fourth-order valence-corrected chi connectivity index (χ4v) is 1.37. The van der Waals surface area contributed by atoms with E-state index in [1.807, 2.05) is 6.07 Å². The maximum absolute atomic E-state index is 5.62. The number of hydrogen-bond donors (Lipinski definition) is 2. The number of nitrogens with two attached hydrogens (primary N) is 1. The molecule has 2 heteroatoms. The first-order chi connectivity index (χ1) is 6.15. The van der Waals surface area contributed by atoms with Crippen molar-refractivity contribution < 1.29 is 0 Å². The van der Waals surface area contributed by atoms with E-state index in [1.165, 1.54) is 16.8 Å². The van der Waals surface area contributed by atoms with E-state index in [9.17, 15) is 0 Å². The zero-order valence-corrected chi connectivity index (χ0v) is 8.59. The Morgan fingerprint density at radius 3 is 2.62 bits per heavy atom. The lowest BCUT2D eigenvalue weighted by molar-refractivity contribution is 0.895. The van der Waals surface area contributed by atoms with Crippen molar-refractivity contribution in [3.8, 4) is 0 Å². The van der Waals surface area contributed by atoms with E-state index in [4.69, 9.17) is 5.73 Å². The third-order valence-electron chi connectivity index (χ3n) is 2.11. The fourth-order valence-electron chi connectivity index (χ4n) is 1.37. The van der Waals surface area contributed by atoms with Crippen LogP contribution >= 0.6 is 0 Å². The summed E-state index contributed by atoms with van der Waals surface area (Å²) in [6.45, 7) is 6.98. The summed E-state index contributed by atoms with van der Waals surface area (Å²) in [5, 5.41) is 3.39. The number of hydrogen-bond acceptors (Lipinski definition) is 2. The lowest BCUT2D eigenvalue weighted by atomic mass is 10.1. The molecule has 0 heterocycles. The lowest BCUT2D eigenvalue weighted by Crippen LogP contribution is -2.12. The van der Waals surface area contributed by atoms with Crippen LogP contribution < -0.4 is 11.1 Å². The highest BCUT2D eigenvalue weighted by Gasteiger charge is 2.02. The van der Waals surface area contributed by atoms with Gasteiger partial charge in [0.25, 0.3) is 0 Å². The smallest absolute Gasteiger partial charge is 0.0375 e. The van der Waals surface area contributed by atoms with Crippen molar-refractivity contribution in [2.24, 2.45) is 5.73 Å². The van der Waals surface area contributed by atoms with Crippen LogP contribution in [-0.4, -0.2) is 6.04 Å². The lowest BCUT2D eigenvalue weighted by Gasteiger charge is -2.14. The van der Waals surface area contributed by atoms with Crippen LogP contribution in [-0.2, 0) is 6.54 Å². The standard InChI is InChI=1S/C11H18N2/c1-8(2)13-11-6-4-5-10(7-12)9(11)3/h4-6,8,13H,7,12H2,1-3H3. The van der Waals surface area contributed by atoms with Gasteiger partial charge in [-0.05, 0) is 38.0 Å². The minimum absolute atomic E-state index is 0.465. The molecular weight excluding hydrogens is 160 g/mol. The van der Waals surface area contributed by atoms with Gasteiger partial charge in [0.1, 0.15) is 0 Å². The Kier molecular flexibility index (Phi) is 3.32. The molecule has 0 aliphatic carbocycles. The second-order valence-electron chi connectivity index (χ2n) is 3.59. The monoisotopic (exact) mass is 178 g/mol.